The molecule has 1 unspecified atom stereocenters. The second-order valence-electron chi connectivity index (χ2n) is 5.53. The molecule has 0 radical (unpaired) electrons. The minimum atomic E-state index is -0.598. The summed E-state index contributed by atoms with van der Waals surface area (Å²) < 4.78 is 10.7. The molecule has 0 fully saturated rings. The summed E-state index contributed by atoms with van der Waals surface area (Å²) in [5.74, 6) is 0.349. The van der Waals surface area contributed by atoms with E-state index in [0.717, 1.165) is 5.56 Å². The summed E-state index contributed by atoms with van der Waals surface area (Å²) in [6.07, 6.45) is 0.520. The molecule has 25 heavy (non-hydrogen) atoms. The molecule has 0 aliphatic rings. The lowest BCUT2D eigenvalue weighted by atomic mass is 10.1. The fourth-order valence-electron chi connectivity index (χ4n) is 2.32. The highest BCUT2D eigenvalue weighted by Crippen LogP contribution is 2.30. The topological polar surface area (TPSA) is 103 Å². The van der Waals surface area contributed by atoms with Crippen molar-refractivity contribution in [1.29, 1.82) is 0 Å². The maximum atomic E-state index is 12.2. The first kappa shape index (κ1) is 16.5. The van der Waals surface area contributed by atoms with Gasteiger partial charge < -0.3 is 15.0 Å². The van der Waals surface area contributed by atoms with E-state index in [9.17, 15) is 4.79 Å². The van der Waals surface area contributed by atoms with Gasteiger partial charge in [-0.1, -0.05) is 35.5 Å². The summed E-state index contributed by atoms with van der Waals surface area (Å²) in [4.78, 5) is 16.4. The summed E-state index contributed by atoms with van der Waals surface area (Å²) in [5.41, 5.74) is 8.54. The van der Waals surface area contributed by atoms with E-state index in [-0.39, 0.29) is 6.10 Å². The molecule has 0 saturated carbocycles. The first-order valence-electron chi connectivity index (χ1n) is 7.75. The van der Waals surface area contributed by atoms with Gasteiger partial charge in [-0.2, -0.15) is 0 Å². The van der Waals surface area contributed by atoms with Gasteiger partial charge in [0.1, 0.15) is 23.2 Å². The van der Waals surface area contributed by atoms with Crippen molar-refractivity contribution in [3.05, 3.63) is 59.9 Å². The van der Waals surface area contributed by atoms with Gasteiger partial charge in [-0.3, -0.25) is 10.3 Å². The summed E-state index contributed by atoms with van der Waals surface area (Å²) in [7, 11) is 0. The highest BCUT2D eigenvalue weighted by Gasteiger charge is 2.20. The Hall–Kier alpha value is -3.35. The lowest BCUT2D eigenvalue weighted by molar-refractivity contribution is 0.121. The van der Waals surface area contributed by atoms with E-state index >= 15 is 0 Å². The zero-order valence-corrected chi connectivity index (χ0v) is 13.9. The second kappa shape index (κ2) is 7.04. The van der Waals surface area contributed by atoms with Gasteiger partial charge in [-0.25, -0.2) is 4.79 Å². The number of benzene rings is 1. The van der Waals surface area contributed by atoms with E-state index in [2.05, 4.69) is 15.5 Å². The fourth-order valence-corrected chi connectivity index (χ4v) is 2.32. The van der Waals surface area contributed by atoms with Crippen molar-refractivity contribution in [2.45, 2.75) is 20.0 Å². The highest BCUT2D eigenvalue weighted by molar-refractivity contribution is 5.90. The molecule has 7 nitrogen and oxygen atoms in total. The zero-order valence-electron chi connectivity index (χ0n) is 13.9. The Labute approximate surface area is 144 Å². The maximum Gasteiger partial charge on any atom is 0.412 e. The number of hydrogen-bond acceptors (Lipinski definition) is 6. The van der Waals surface area contributed by atoms with E-state index < -0.39 is 6.09 Å². The first-order chi connectivity index (χ1) is 12.0. The maximum absolute atomic E-state index is 12.2. The van der Waals surface area contributed by atoms with Gasteiger partial charge in [0, 0.05) is 0 Å². The van der Waals surface area contributed by atoms with Crippen LogP contribution in [0, 0.1) is 6.92 Å². The molecule has 0 bridgehead atoms. The van der Waals surface area contributed by atoms with Crippen molar-refractivity contribution in [3.63, 3.8) is 0 Å². The second-order valence-corrected chi connectivity index (χ2v) is 5.53. The quantitative estimate of drug-likeness (QED) is 0.747. The Morgan fingerprint density at radius 2 is 2.00 bits per heavy atom. The number of anilines is 2. The molecule has 3 rings (SSSR count). The van der Waals surface area contributed by atoms with Crippen LogP contribution in [0.5, 0.6) is 0 Å². The van der Waals surface area contributed by atoms with Gasteiger partial charge in [-0.05, 0) is 31.5 Å². The molecule has 2 aromatic heterocycles. The van der Waals surface area contributed by atoms with Crippen LogP contribution in [0.15, 0.2) is 53.2 Å². The Kier molecular flexibility index (Phi) is 4.65. The minimum absolute atomic E-state index is 0.349. The van der Waals surface area contributed by atoms with Gasteiger partial charge in [0.15, 0.2) is 0 Å². The molecule has 0 saturated heterocycles. The predicted octanol–water partition coefficient (Wildman–Crippen LogP) is 3.94. The largest absolute Gasteiger partial charge is 0.441 e. The van der Waals surface area contributed by atoms with Crippen LogP contribution in [0.25, 0.3) is 11.5 Å². The third-order valence-electron chi connectivity index (χ3n) is 3.66. The predicted molar refractivity (Wildman–Crippen MR) is 93.8 cm³/mol. The minimum Gasteiger partial charge on any atom is -0.441 e. The third kappa shape index (κ3) is 3.77. The van der Waals surface area contributed by atoms with Crippen molar-refractivity contribution >= 4 is 17.5 Å². The van der Waals surface area contributed by atoms with Crippen molar-refractivity contribution in [1.82, 2.24) is 10.1 Å². The number of aromatic nitrogens is 2. The van der Waals surface area contributed by atoms with Gasteiger partial charge in [0.2, 0.25) is 5.76 Å². The van der Waals surface area contributed by atoms with E-state index in [1.54, 1.807) is 26.0 Å². The Morgan fingerprint density at radius 3 is 2.68 bits per heavy atom. The van der Waals surface area contributed by atoms with Crippen LogP contribution in [-0.2, 0) is 4.74 Å². The van der Waals surface area contributed by atoms with E-state index in [4.69, 9.17) is 15.0 Å². The Bertz CT molecular complexity index is 860. The number of nitrogens with zero attached hydrogens (tertiary/aromatic N) is 2. The summed E-state index contributed by atoms with van der Waals surface area (Å²) in [5, 5.41) is 6.57. The average molecular weight is 338 g/mol. The molecule has 1 amide bonds. The third-order valence-corrected chi connectivity index (χ3v) is 3.66. The number of amides is 1. The van der Waals surface area contributed by atoms with Gasteiger partial charge in [0.25, 0.3) is 0 Å². The standard InChI is InChI=1S/C18H18N4O3/c1-11-16(17(25-22-11)15-9-8-14(19)10-20-15)21-18(23)24-12(2)13-6-4-3-5-7-13/h3-10,12H,19H2,1-2H3,(H,21,23). The Morgan fingerprint density at radius 1 is 1.24 bits per heavy atom. The van der Waals surface area contributed by atoms with Crippen LogP contribution in [0.3, 0.4) is 0 Å². The van der Waals surface area contributed by atoms with Gasteiger partial charge >= 0.3 is 6.09 Å². The van der Waals surface area contributed by atoms with Gasteiger partial charge in [-0.15, -0.1) is 0 Å². The number of nitrogens with two attached hydrogens (primary N) is 1. The fraction of sp³-hybridized carbons (Fsp3) is 0.167. The van der Waals surface area contributed by atoms with Crippen molar-refractivity contribution in [3.8, 4) is 11.5 Å². The molecular formula is C18H18N4O3. The normalized spacial score (nSPS) is 11.8. The summed E-state index contributed by atoms with van der Waals surface area (Å²) >= 11 is 0. The average Bonchev–Trinajstić information content (AvgIpc) is 2.97. The van der Waals surface area contributed by atoms with Crippen LogP contribution < -0.4 is 11.1 Å². The molecule has 3 N–H and O–H groups in total. The van der Waals surface area contributed by atoms with Crippen molar-refractivity contribution < 1.29 is 14.1 Å². The number of nitrogen functional groups attached to an aromatic ring is 1. The number of carbonyl (C=O) groups is 1. The van der Waals surface area contributed by atoms with Crippen LogP contribution in [0.1, 0.15) is 24.3 Å². The first-order valence-corrected chi connectivity index (χ1v) is 7.75. The smallest absolute Gasteiger partial charge is 0.412 e. The molecule has 1 aromatic carbocycles. The number of aryl methyl sites for hydroxylation is 1. The molecule has 0 aliphatic heterocycles. The van der Waals surface area contributed by atoms with E-state index in [0.29, 0.717) is 28.5 Å². The number of nitrogens with one attached hydrogen (secondary N) is 1. The summed E-state index contributed by atoms with van der Waals surface area (Å²) in [6, 6.07) is 12.9. The summed E-state index contributed by atoms with van der Waals surface area (Å²) in [6.45, 7) is 3.53. The van der Waals surface area contributed by atoms with Crippen LogP contribution in [-0.4, -0.2) is 16.2 Å². The monoisotopic (exact) mass is 338 g/mol. The molecule has 0 aliphatic carbocycles. The van der Waals surface area contributed by atoms with E-state index in [1.165, 1.54) is 6.20 Å². The molecule has 1 atom stereocenters. The number of rotatable bonds is 4. The van der Waals surface area contributed by atoms with Crippen LogP contribution >= 0.6 is 0 Å². The molecule has 128 valence electrons. The van der Waals surface area contributed by atoms with Crippen LogP contribution in [0.2, 0.25) is 0 Å². The molecule has 2 heterocycles. The zero-order chi connectivity index (χ0) is 17.8. The van der Waals surface area contributed by atoms with Crippen molar-refractivity contribution in [2.75, 3.05) is 11.1 Å². The number of carbonyl (C=O) groups excluding carboxylic acids is 1. The highest BCUT2D eigenvalue weighted by atomic mass is 16.6. The molecule has 0 spiro atoms. The molecule has 3 aromatic rings. The van der Waals surface area contributed by atoms with Crippen LogP contribution in [0.4, 0.5) is 16.2 Å². The Balaban J connectivity index is 1.75. The van der Waals surface area contributed by atoms with E-state index in [1.807, 2.05) is 30.3 Å². The van der Waals surface area contributed by atoms with Crippen molar-refractivity contribution in [2.24, 2.45) is 0 Å². The number of hydrogen-bond donors (Lipinski definition) is 2. The van der Waals surface area contributed by atoms with Gasteiger partial charge in [0.05, 0.1) is 11.9 Å². The number of pyridine rings is 1. The number of ether oxygens (including phenoxy) is 1. The SMILES string of the molecule is Cc1noc(-c2ccc(N)cn2)c1NC(=O)OC(C)c1ccccc1. The molecular weight excluding hydrogens is 320 g/mol. The lowest BCUT2D eigenvalue weighted by Gasteiger charge is -2.14. The molecule has 7 heteroatoms. The lowest BCUT2D eigenvalue weighted by Crippen LogP contribution is -2.16.